The number of carbonyl (C=O) groups is 2. The lowest BCUT2D eigenvalue weighted by Crippen LogP contribution is -2.27. The first-order valence-electron chi connectivity index (χ1n) is 8.20. The number of carbonyl (C=O) groups excluding carboxylic acids is 2. The normalized spacial score (nSPS) is 10.6. The van der Waals surface area contributed by atoms with Gasteiger partial charge in [0.05, 0.1) is 0 Å². The zero-order valence-corrected chi connectivity index (χ0v) is 14.7. The summed E-state index contributed by atoms with van der Waals surface area (Å²) in [4.78, 5) is 35.8. The van der Waals surface area contributed by atoms with E-state index in [0.29, 0.717) is 23.7 Å². The van der Waals surface area contributed by atoms with Crippen molar-refractivity contribution in [1.29, 1.82) is 0 Å². The molecule has 6 nitrogen and oxygen atoms in total. The molecule has 2 N–H and O–H groups in total. The number of hydrogen-bond donors (Lipinski definition) is 2. The van der Waals surface area contributed by atoms with E-state index in [9.17, 15) is 14.4 Å². The van der Waals surface area contributed by atoms with Gasteiger partial charge in [-0.15, -0.1) is 0 Å². The number of amides is 2. The molecule has 2 aromatic rings. The third-order valence-electron chi connectivity index (χ3n) is 3.57. The van der Waals surface area contributed by atoms with Gasteiger partial charge in [0.25, 0.3) is 11.5 Å². The summed E-state index contributed by atoms with van der Waals surface area (Å²) in [6, 6.07) is 9.91. The predicted octanol–water partition coefficient (Wildman–Crippen LogP) is 2.18. The molecule has 0 saturated heterocycles. The van der Waals surface area contributed by atoms with E-state index in [1.54, 1.807) is 36.5 Å². The largest absolute Gasteiger partial charge is 0.352 e. The minimum atomic E-state index is -0.303. The van der Waals surface area contributed by atoms with Crippen LogP contribution < -0.4 is 16.2 Å². The van der Waals surface area contributed by atoms with Gasteiger partial charge in [0.15, 0.2) is 0 Å². The molecular formula is C19H23N3O3. The number of nitrogens with one attached hydrogen (secondary N) is 2. The van der Waals surface area contributed by atoms with Crippen molar-refractivity contribution >= 4 is 17.5 Å². The van der Waals surface area contributed by atoms with Crippen molar-refractivity contribution in [2.24, 2.45) is 5.92 Å². The average Bonchev–Trinajstić information content (AvgIpc) is 2.56. The molecule has 2 amide bonds. The second-order valence-corrected chi connectivity index (χ2v) is 6.40. The molecule has 0 fully saturated rings. The van der Waals surface area contributed by atoms with Crippen molar-refractivity contribution in [3.05, 3.63) is 64.1 Å². The smallest absolute Gasteiger partial charge is 0.251 e. The second-order valence-electron chi connectivity index (χ2n) is 6.40. The first-order valence-corrected chi connectivity index (χ1v) is 8.20. The summed E-state index contributed by atoms with van der Waals surface area (Å²) < 4.78 is 1.34. The fourth-order valence-corrected chi connectivity index (χ4v) is 2.20. The molecule has 0 bridgehead atoms. The Balaban J connectivity index is 1.95. The Morgan fingerprint density at radius 3 is 2.40 bits per heavy atom. The maximum Gasteiger partial charge on any atom is 0.251 e. The Hall–Kier alpha value is -2.89. The molecule has 132 valence electrons. The number of hydrogen-bond acceptors (Lipinski definition) is 3. The number of rotatable bonds is 6. The van der Waals surface area contributed by atoms with Crippen molar-refractivity contribution in [2.45, 2.75) is 27.3 Å². The quantitative estimate of drug-likeness (QED) is 0.845. The van der Waals surface area contributed by atoms with Gasteiger partial charge in [-0.2, -0.15) is 0 Å². The molecule has 2 rings (SSSR count). The third-order valence-corrected chi connectivity index (χ3v) is 3.57. The van der Waals surface area contributed by atoms with Crippen LogP contribution in [0, 0.1) is 12.8 Å². The molecule has 1 heterocycles. The lowest BCUT2D eigenvalue weighted by Gasteiger charge is -2.10. The summed E-state index contributed by atoms with van der Waals surface area (Å²) in [6.07, 6.45) is 1.60. The maximum absolute atomic E-state index is 12.1. The number of pyridine rings is 1. The Labute approximate surface area is 146 Å². The highest BCUT2D eigenvalue weighted by molar-refractivity contribution is 5.95. The van der Waals surface area contributed by atoms with E-state index in [0.717, 1.165) is 5.56 Å². The monoisotopic (exact) mass is 341 g/mol. The molecule has 0 radical (unpaired) electrons. The van der Waals surface area contributed by atoms with Crippen LogP contribution in [-0.4, -0.2) is 22.9 Å². The highest BCUT2D eigenvalue weighted by Crippen LogP contribution is 2.10. The number of benzene rings is 1. The van der Waals surface area contributed by atoms with E-state index < -0.39 is 0 Å². The fourth-order valence-electron chi connectivity index (χ4n) is 2.20. The summed E-state index contributed by atoms with van der Waals surface area (Å²) in [5, 5.41) is 5.56. The summed E-state index contributed by atoms with van der Waals surface area (Å²) in [5.74, 6) is -0.0616. The minimum absolute atomic E-state index is 0.0598. The number of aryl methyl sites for hydroxylation is 1. The highest BCUT2D eigenvalue weighted by atomic mass is 16.2. The van der Waals surface area contributed by atoms with Crippen molar-refractivity contribution in [3.8, 4) is 0 Å². The van der Waals surface area contributed by atoms with Crippen LogP contribution in [0.3, 0.4) is 0 Å². The van der Waals surface area contributed by atoms with Crippen LogP contribution in [0.5, 0.6) is 0 Å². The molecule has 0 spiro atoms. The van der Waals surface area contributed by atoms with E-state index in [1.165, 1.54) is 10.6 Å². The van der Waals surface area contributed by atoms with Crippen molar-refractivity contribution in [1.82, 2.24) is 9.88 Å². The molecule has 1 aromatic heterocycles. The Morgan fingerprint density at radius 1 is 1.12 bits per heavy atom. The van der Waals surface area contributed by atoms with Gasteiger partial charge in [-0.25, -0.2) is 0 Å². The van der Waals surface area contributed by atoms with E-state index >= 15 is 0 Å². The van der Waals surface area contributed by atoms with Gasteiger partial charge in [-0.05, 0) is 48.7 Å². The van der Waals surface area contributed by atoms with Gasteiger partial charge in [-0.3, -0.25) is 14.4 Å². The lowest BCUT2D eigenvalue weighted by atomic mass is 10.1. The molecule has 0 saturated carbocycles. The summed E-state index contributed by atoms with van der Waals surface area (Å²) in [5.41, 5.74) is 1.75. The van der Waals surface area contributed by atoms with E-state index in [2.05, 4.69) is 10.6 Å². The first-order chi connectivity index (χ1) is 11.8. The Morgan fingerprint density at radius 2 is 1.80 bits per heavy atom. The Kier molecular flexibility index (Phi) is 6.11. The number of nitrogens with zero attached hydrogens (tertiary/aromatic N) is 1. The fraction of sp³-hybridized carbons (Fsp3) is 0.316. The van der Waals surface area contributed by atoms with Gasteiger partial charge in [0.1, 0.15) is 6.54 Å². The molecule has 6 heteroatoms. The molecule has 0 aliphatic rings. The predicted molar refractivity (Wildman–Crippen MR) is 97.7 cm³/mol. The molecular weight excluding hydrogens is 318 g/mol. The third kappa shape index (κ3) is 5.60. The van der Waals surface area contributed by atoms with Gasteiger partial charge < -0.3 is 15.2 Å². The molecule has 0 aliphatic heterocycles. The lowest BCUT2D eigenvalue weighted by molar-refractivity contribution is -0.116. The van der Waals surface area contributed by atoms with Crippen LogP contribution in [0.15, 0.2) is 47.4 Å². The SMILES string of the molecule is Cc1ccn(CC(=O)Nc2ccc(C(=O)NCC(C)C)cc2)c(=O)c1. The summed E-state index contributed by atoms with van der Waals surface area (Å²) >= 11 is 0. The van der Waals surface area contributed by atoms with E-state index in [1.807, 2.05) is 20.8 Å². The topological polar surface area (TPSA) is 80.2 Å². The average molecular weight is 341 g/mol. The molecule has 1 aromatic carbocycles. The second kappa shape index (κ2) is 8.28. The van der Waals surface area contributed by atoms with Gasteiger partial charge in [0.2, 0.25) is 5.91 Å². The molecule has 0 unspecified atom stereocenters. The van der Waals surface area contributed by atoms with Crippen molar-refractivity contribution in [2.75, 3.05) is 11.9 Å². The van der Waals surface area contributed by atoms with Crippen LogP contribution >= 0.6 is 0 Å². The van der Waals surface area contributed by atoms with Crippen molar-refractivity contribution < 1.29 is 9.59 Å². The maximum atomic E-state index is 12.1. The molecule has 0 atom stereocenters. The van der Waals surface area contributed by atoms with E-state index in [-0.39, 0.29) is 23.9 Å². The van der Waals surface area contributed by atoms with Crippen LogP contribution in [0.2, 0.25) is 0 Å². The van der Waals surface area contributed by atoms with Gasteiger partial charge in [0, 0.05) is 30.1 Å². The molecule has 25 heavy (non-hydrogen) atoms. The first kappa shape index (κ1) is 18.4. The summed E-state index contributed by atoms with van der Waals surface area (Å²) in [7, 11) is 0. The van der Waals surface area contributed by atoms with Crippen LogP contribution in [0.4, 0.5) is 5.69 Å². The number of aromatic nitrogens is 1. The van der Waals surface area contributed by atoms with Gasteiger partial charge in [-0.1, -0.05) is 13.8 Å². The van der Waals surface area contributed by atoms with E-state index in [4.69, 9.17) is 0 Å². The Bertz CT molecular complexity index is 807. The minimum Gasteiger partial charge on any atom is -0.352 e. The zero-order valence-electron chi connectivity index (χ0n) is 14.7. The zero-order chi connectivity index (χ0) is 18.4. The van der Waals surface area contributed by atoms with Gasteiger partial charge >= 0.3 is 0 Å². The standard InChI is InChI=1S/C19H23N3O3/c1-13(2)11-20-19(25)15-4-6-16(7-5-15)21-17(23)12-22-9-8-14(3)10-18(22)24/h4-10,13H,11-12H2,1-3H3,(H,20,25)(H,21,23). The summed E-state index contributed by atoms with van der Waals surface area (Å²) in [6.45, 7) is 6.43. The van der Waals surface area contributed by atoms with Crippen molar-refractivity contribution in [3.63, 3.8) is 0 Å². The number of anilines is 1. The van der Waals surface area contributed by atoms with Crippen LogP contribution in [0.1, 0.15) is 29.8 Å². The molecule has 0 aliphatic carbocycles. The highest BCUT2D eigenvalue weighted by Gasteiger charge is 2.08. The van der Waals surface area contributed by atoms with Crippen LogP contribution in [-0.2, 0) is 11.3 Å². The van der Waals surface area contributed by atoms with Crippen LogP contribution in [0.25, 0.3) is 0 Å².